The van der Waals surface area contributed by atoms with Crippen LogP contribution in [0.3, 0.4) is 0 Å². The predicted octanol–water partition coefficient (Wildman–Crippen LogP) is 2.43. The molecule has 1 saturated heterocycles. The molecule has 0 spiro atoms. The molecule has 0 bridgehead atoms. The van der Waals surface area contributed by atoms with Crippen molar-refractivity contribution in [1.29, 1.82) is 0 Å². The molecule has 2 aliphatic rings. The molecule has 162 valence electrons. The summed E-state index contributed by atoms with van der Waals surface area (Å²) in [6.07, 6.45) is 0. The first kappa shape index (κ1) is 21.2. The number of sulfonamides is 1. The number of methoxy groups -OCH3 is 1. The molecule has 1 fully saturated rings. The van der Waals surface area contributed by atoms with Gasteiger partial charge in [0.1, 0.15) is 5.75 Å². The fraction of sp³-hybridized carbons (Fsp3) is 0.400. The maximum Gasteiger partial charge on any atom is 0.240 e. The third kappa shape index (κ3) is 4.50. The Morgan fingerprint density at radius 3 is 2.63 bits per heavy atom. The summed E-state index contributed by atoms with van der Waals surface area (Å²) < 4.78 is 49.9. The number of fused-ring (bicyclic) bond motifs is 1. The highest BCUT2D eigenvalue weighted by Gasteiger charge is 2.27. The number of benzene rings is 2. The lowest BCUT2D eigenvalue weighted by atomic mass is 10.0. The van der Waals surface area contributed by atoms with Crippen LogP contribution in [0.25, 0.3) is 0 Å². The molecule has 30 heavy (non-hydrogen) atoms. The second-order valence-electron chi connectivity index (χ2n) is 6.93. The van der Waals surface area contributed by atoms with Gasteiger partial charge in [-0.25, -0.2) is 13.1 Å². The molecule has 0 radical (unpaired) electrons. The summed E-state index contributed by atoms with van der Waals surface area (Å²) in [5.41, 5.74) is 0.941. The number of hydrogen-bond donors (Lipinski definition) is 1. The smallest absolute Gasteiger partial charge is 0.240 e. The lowest BCUT2D eigenvalue weighted by molar-refractivity contribution is 0.0171. The molecule has 1 atom stereocenters. The zero-order valence-corrected chi connectivity index (χ0v) is 18.0. The van der Waals surface area contributed by atoms with Crippen LogP contribution in [0.1, 0.15) is 11.6 Å². The molecule has 0 amide bonds. The average Bonchev–Trinajstić information content (AvgIpc) is 3.22. The highest BCUT2D eigenvalue weighted by Crippen LogP contribution is 2.35. The Balaban J connectivity index is 1.56. The van der Waals surface area contributed by atoms with Gasteiger partial charge in [0, 0.05) is 25.7 Å². The highest BCUT2D eigenvalue weighted by molar-refractivity contribution is 7.89. The normalized spacial score (nSPS) is 17.7. The summed E-state index contributed by atoms with van der Waals surface area (Å²) in [5, 5.41) is 0.237. The summed E-state index contributed by atoms with van der Waals surface area (Å²) >= 11 is 6.10. The molecule has 0 saturated carbocycles. The minimum absolute atomic E-state index is 0.0831. The number of nitrogens with zero attached hydrogens (tertiary/aromatic N) is 1. The van der Waals surface area contributed by atoms with Crippen LogP contribution in [0.15, 0.2) is 41.3 Å². The van der Waals surface area contributed by atoms with Gasteiger partial charge in [-0.2, -0.15) is 0 Å². The molecule has 2 aromatic rings. The average molecular weight is 455 g/mol. The van der Waals surface area contributed by atoms with Crippen molar-refractivity contribution in [3.05, 3.63) is 47.0 Å². The van der Waals surface area contributed by atoms with Gasteiger partial charge in [0.15, 0.2) is 11.5 Å². The molecule has 2 heterocycles. The van der Waals surface area contributed by atoms with Crippen molar-refractivity contribution in [2.45, 2.75) is 10.9 Å². The van der Waals surface area contributed by atoms with Gasteiger partial charge in [-0.3, -0.25) is 4.90 Å². The minimum Gasteiger partial charge on any atom is -0.495 e. The predicted molar refractivity (Wildman–Crippen MR) is 111 cm³/mol. The van der Waals surface area contributed by atoms with Crippen LogP contribution < -0.4 is 18.9 Å². The molecule has 8 nitrogen and oxygen atoms in total. The van der Waals surface area contributed by atoms with Crippen molar-refractivity contribution in [2.75, 3.05) is 46.8 Å². The van der Waals surface area contributed by atoms with E-state index in [1.807, 2.05) is 18.2 Å². The molecule has 2 aromatic carbocycles. The number of nitrogens with one attached hydrogen (secondary N) is 1. The molecular formula is C20H23ClN2O6S. The van der Waals surface area contributed by atoms with Crippen molar-refractivity contribution in [3.63, 3.8) is 0 Å². The Bertz CT molecular complexity index is 1010. The van der Waals surface area contributed by atoms with E-state index in [0.29, 0.717) is 43.6 Å². The zero-order valence-electron chi connectivity index (χ0n) is 16.5. The largest absolute Gasteiger partial charge is 0.495 e. The molecule has 0 aliphatic carbocycles. The van der Waals surface area contributed by atoms with E-state index in [0.717, 1.165) is 5.56 Å². The topological polar surface area (TPSA) is 86.3 Å². The van der Waals surface area contributed by atoms with E-state index in [1.54, 1.807) is 0 Å². The van der Waals surface area contributed by atoms with Crippen molar-refractivity contribution >= 4 is 21.6 Å². The maximum absolute atomic E-state index is 12.9. The van der Waals surface area contributed by atoms with Crippen molar-refractivity contribution in [2.24, 2.45) is 0 Å². The fourth-order valence-electron chi connectivity index (χ4n) is 3.55. The van der Waals surface area contributed by atoms with E-state index in [4.69, 9.17) is 30.5 Å². The van der Waals surface area contributed by atoms with Crippen LogP contribution in [-0.2, 0) is 14.8 Å². The van der Waals surface area contributed by atoms with Crippen LogP contribution in [0.5, 0.6) is 17.2 Å². The minimum atomic E-state index is -3.76. The van der Waals surface area contributed by atoms with E-state index >= 15 is 0 Å². The third-order valence-corrected chi connectivity index (χ3v) is 6.88. The quantitative estimate of drug-likeness (QED) is 0.687. The van der Waals surface area contributed by atoms with E-state index in [1.165, 1.54) is 25.3 Å². The van der Waals surface area contributed by atoms with Crippen molar-refractivity contribution in [3.8, 4) is 17.2 Å². The third-order valence-electron chi connectivity index (χ3n) is 5.17. The van der Waals surface area contributed by atoms with Gasteiger partial charge in [-0.05, 0) is 35.9 Å². The van der Waals surface area contributed by atoms with Gasteiger partial charge < -0.3 is 18.9 Å². The van der Waals surface area contributed by atoms with E-state index in [-0.39, 0.29) is 29.3 Å². The van der Waals surface area contributed by atoms with E-state index in [9.17, 15) is 8.42 Å². The van der Waals surface area contributed by atoms with Gasteiger partial charge in [0.25, 0.3) is 0 Å². The Hall–Kier alpha value is -2.04. The number of hydrogen-bond acceptors (Lipinski definition) is 7. The number of halogens is 1. The standard InChI is InChI=1S/C20H23ClN2O6S/c1-26-18-5-3-15(11-16(18)21)30(24,25)22-12-17(23-6-8-27-9-7-23)14-2-4-19-20(10-14)29-13-28-19/h2-5,10-11,17,22H,6-9,12-13H2,1H3. The monoisotopic (exact) mass is 454 g/mol. The Kier molecular flexibility index (Phi) is 6.35. The molecule has 4 rings (SSSR count). The van der Waals surface area contributed by atoms with Gasteiger partial charge in [0.05, 0.1) is 30.2 Å². The molecule has 10 heteroatoms. The fourth-order valence-corrected chi connectivity index (χ4v) is 4.94. The van der Waals surface area contributed by atoms with Crippen molar-refractivity contribution < 1.29 is 27.4 Å². The molecule has 2 aliphatic heterocycles. The van der Waals surface area contributed by atoms with Crippen molar-refractivity contribution in [1.82, 2.24) is 9.62 Å². The lowest BCUT2D eigenvalue weighted by Gasteiger charge is -2.35. The van der Waals surface area contributed by atoms with Crippen LogP contribution in [0.4, 0.5) is 0 Å². The maximum atomic E-state index is 12.9. The summed E-state index contributed by atoms with van der Waals surface area (Å²) in [6, 6.07) is 9.89. The van der Waals surface area contributed by atoms with Crippen LogP contribution in [0.2, 0.25) is 5.02 Å². The number of rotatable bonds is 7. The first-order valence-corrected chi connectivity index (χ1v) is 11.4. The Labute approximate surface area is 180 Å². The second kappa shape index (κ2) is 8.99. The molecular weight excluding hydrogens is 432 g/mol. The lowest BCUT2D eigenvalue weighted by Crippen LogP contribution is -2.43. The number of ether oxygens (including phenoxy) is 4. The Morgan fingerprint density at radius 2 is 1.90 bits per heavy atom. The summed E-state index contributed by atoms with van der Waals surface area (Å²) in [4.78, 5) is 2.28. The molecule has 1 N–H and O–H groups in total. The van der Waals surface area contributed by atoms with Crippen LogP contribution in [-0.4, -0.2) is 60.1 Å². The molecule has 0 aromatic heterocycles. The van der Waals surface area contributed by atoms with E-state index < -0.39 is 10.0 Å². The highest BCUT2D eigenvalue weighted by atomic mass is 35.5. The summed E-state index contributed by atoms with van der Waals surface area (Å²) in [5.74, 6) is 1.77. The first-order chi connectivity index (χ1) is 14.5. The summed E-state index contributed by atoms with van der Waals surface area (Å²) in [7, 11) is -2.29. The van der Waals surface area contributed by atoms with E-state index in [2.05, 4.69) is 9.62 Å². The van der Waals surface area contributed by atoms with Crippen LogP contribution >= 0.6 is 11.6 Å². The SMILES string of the molecule is COc1ccc(S(=O)(=O)NCC(c2ccc3c(c2)OCO3)N2CCOCC2)cc1Cl. The second-order valence-corrected chi connectivity index (χ2v) is 9.10. The van der Waals surface area contributed by atoms with Gasteiger partial charge in [-0.15, -0.1) is 0 Å². The summed E-state index contributed by atoms with van der Waals surface area (Å²) in [6.45, 7) is 2.98. The zero-order chi connectivity index (χ0) is 21.1. The first-order valence-electron chi connectivity index (χ1n) is 9.52. The van der Waals surface area contributed by atoms with Gasteiger partial charge >= 0.3 is 0 Å². The van der Waals surface area contributed by atoms with Gasteiger partial charge in [0.2, 0.25) is 16.8 Å². The van der Waals surface area contributed by atoms with Crippen LogP contribution in [0, 0.1) is 0 Å². The van der Waals surface area contributed by atoms with Gasteiger partial charge in [-0.1, -0.05) is 17.7 Å². The molecule has 1 unspecified atom stereocenters. The Morgan fingerprint density at radius 1 is 1.13 bits per heavy atom. The number of morpholine rings is 1.